The second kappa shape index (κ2) is 12.6. The number of amides is 4. The van der Waals surface area contributed by atoms with E-state index in [2.05, 4.69) is 15.4 Å². The normalized spacial score (nSPS) is 34.2. The number of nitrogens with zero attached hydrogens (tertiary/aromatic N) is 1. The van der Waals surface area contributed by atoms with E-state index in [-0.39, 0.29) is 31.2 Å². The fraction of sp³-hybridized carbons (Fsp3) is 0.806. The number of nitrogens with one attached hydrogen (secondary N) is 3. The van der Waals surface area contributed by atoms with Crippen molar-refractivity contribution in [3.05, 3.63) is 12.2 Å². The number of allylic oxidation sites excluding steroid dienone is 1. The van der Waals surface area contributed by atoms with Crippen LogP contribution >= 0.6 is 0 Å². The minimum atomic E-state index is -4.85. The van der Waals surface area contributed by atoms with Gasteiger partial charge in [-0.1, -0.05) is 39.3 Å². The van der Waals surface area contributed by atoms with E-state index in [0.29, 0.717) is 52.4 Å². The van der Waals surface area contributed by atoms with Crippen LogP contribution in [0.1, 0.15) is 92.9 Å². The molecule has 0 bridgehead atoms. The quantitative estimate of drug-likeness (QED) is 0.361. The molecule has 260 valence electrons. The highest BCUT2D eigenvalue weighted by molar-refractivity contribution is 7.91. The van der Waals surface area contributed by atoms with E-state index in [0.717, 1.165) is 0 Å². The van der Waals surface area contributed by atoms with Gasteiger partial charge in [-0.2, -0.15) is 13.2 Å². The molecule has 0 aromatic carbocycles. The van der Waals surface area contributed by atoms with Gasteiger partial charge < -0.3 is 20.3 Å². The Morgan fingerprint density at radius 2 is 1.78 bits per heavy atom. The van der Waals surface area contributed by atoms with Crippen LogP contribution in [0.5, 0.6) is 0 Å². The molecule has 2 heterocycles. The lowest BCUT2D eigenvalue weighted by atomic mass is 9.85. The summed E-state index contributed by atoms with van der Waals surface area (Å²) in [6.07, 6.45) is 0.861. The van der Waals surface area contributed by atoms with E-state index in [1.165, 1.54) is 4.90 Å². The standard InChI is InChI=1S/C31H47F3N4O7S/c1-7-20-14-18(2)10-8-9-11-21-16-30(21,26(41)37-46(43,44)29(6)12-13-29)36-24(39)22-15-19(3)17-38(22)25(40)23(20)35-27(42)45-28(4,5)31(32,33)34/h9,11,18-23H,7-8,10,12-17H2,1-6H3,(H,35,42)(H,36,39)(H,37,41)/b11-9-/t18-,19-,20-,21-,22+,23+,30-/m1/s1. The average Bonchev–Trinajstić information content (AvgIpc) is 3.82. The summed E-state index contributed by atoms with van der Waals surface area (Å²) < 4.78 is 72.2. The lowest BCUT2D eigenvalue weighted by molar-refractivity contribution is -0.244. The molecule has 0 aromatic heterocycles. The molecule has 2 aliphatic carbocycles. The number of hydrogen-bond acceptors (Lipinski definition) is 7. The van der Waals surface area contributed by atoms with Crippen molar-refractivity contribution in [3.63, 3.8) is 0 Å². The van der Waals surface area contributed by atoms with Crippen molar-refractivity contribution in [3.8, 4) is 0 Å². The molecule has 4 aliphatic rings. The molecule has 2 aliphatic heterocycles. The van der Waals surface area contributed by atoms with Gasteiger partial charge in [0.2, 0.25) is 27.4 Å². The number of carbonyl (C=O) groups excluding carboxylic acids is 4. The first-order chi connectivity index (χ1) is 21.2. The maximum atomic E-state index is 14.2. The zero-order chi connectivity index (χ0) is 34.5. The van der Waals surface area contributed by atoms with E-state index in [1.807, 2.05) is 32.9 Å². The molecule has 0 radical (unpaired) electrons. The molecule has 4 rings (SSSR count). The van der Waals surface area contributed by atoms with Crippen molar-refractivity contribution in [1.29, 1.82) is 0 Å². The van der Waals surface area contributed by atoms with Crippen LogP contribution in [-0.4, -0.2) is 77.8 Å². The maximum Gasteiger partial charge on any atom is 0.427 e. The zero-order valence-electron chi connectivity index (χ0n) is 27.3. The molecular weight excluding hydrogens is 629 g/mol. The van der Waals surface area contributed by atoms with Crippen LogP contribution in [0.15, 0.2) is 12.2 Å². The highest BCUT2D eigenvalue weighted by Crippen LogP contribution is 2.47. The SMILES string of the molecule is CC[C@@H]1C[C@H](C)CC/C=C\[C@@H]2C[C@@]2(C(=O)NS(=O)(=O)C2(C)CC2)NC(=O)[C@@H]2C[C@@H](C)CN2C(=O)[C@H]1NC(=O)OC(C)(C)C(F)(F)F. The first-order valence-electron chi connectivity index (χ1n) is 16.1. The van der Waals surface area contributed by atoms with Gasteiger partial charge in [0.1, 0.15) is 17.6 Å². The summed E-state index contributed by atoms with van der Waals surface area (Å²) in [6, 6.07) is -2.33. The van der Waals surface area contributed by atoms with Crippen molar-refractivity contribution in [2.75, 3.05) is 6.54 Å². The Bertz CT molecular complexity index is 1360. The molecule has 2 saturated carbocycles. The number of alkyl halides is 3. The molecule has 15 heteroatoms. The Morgan fingerprint density at radius 3 is 2.37 bits per heavy atom. The van der Waals surface area contributed by atoms with E-state index < -0.39 is 79.8 Å². The van der Waals surface area contributed by atoms with Gasteiger partial charge in [-0.3, -0.25) is 19.1 Å². The molecule has 4 amide bonds. The number of sulfonamides is 1. The summed E-state index contributed by atoms with van der Waals surface area (Å²) in [5, 5.41) is 5.20. The largest absolute Gasteiger partial charge is 0.434 e. The van der Waals surface area contributed by atoms with Crippen LogP contribution < -0.4 is 15.4 Å². The van der Waals surface area contributed by atoms with Gasteiger partial charge in [0.25, 0.3) is 5.91 Å². The second-order valence-electron chi connectivity index (χ2n) is 14.5. The minimum absolute atomic E-state index is 0.0456. The minimum Gasteiger partial charge on any atom is -0.434 e. The van der Waals surface area contributed by atoms with Crippen LogP contribution in [0.4, 0.5) is 18.0 Å². The van der Waals surface area contributed by atoms with Crippen molar-refractivity contribution in [2.45, 2.75) is 127 Å². The van der Waals surface area contributed by atoms with Crippen LogP contribution in [0, 0.1) is 23.7 Å². The number of halogens is 3. The first-order valence-corrected chi connectivity index (χ1v) is 17.6. The lowest BCUT2D eigenvalue weighted by Crippen LogP contribution is -2.60. The molecule has 7 atom stereocenters. The molecule has 3 N–H and O–H groups in total. The van der Waals surface area contributed by atoms with Crippen LogP contribution in [-0.2, 0) is 29.1 Å². The monoisotopic (exact) mass is 676 g/mol. The predicted molar refractivity (Wildman–Crippen MR) is 162 cm³/mol. The van der Waals surface area contributed by atoms with E-state index in [1.54, 1.807) is 6.92 Å². The Morgan fingerprint density at radius 1 is 1.13 bits per heavy atom. The van der Waals surface area contributed by atoms with Crippen LogP contribution in [0.25, 0.3) is 0 Å². The highest BCUT2D eigenvalue weighted by Gasteiger charge is 2.63. The van der Waals surface area contributed by atoms with Crippen molar-refractivity contribution in [1.82, 2.24) is 20.3 Å². The lowest BCUT2D eigenvalue weighted by Gasteiger charge is -2.35. The van der Waals surface area contributed by atoms with E-state index >= 15 is 0 Å². The third-order valence-electron chi connectivity index (χ3n) is 10.2. The molecule has 0 unspecified atom stereocenters. The summed E-state index contributed by atoms with van der Waals surface area (Å²) in [6.45, 7) is 8.76. The fourth-order valence-corrected chi connectivity index (χ4v) is 7.74. The zero-order valence-corrected chi connectivity index (χ0v) is 28.1. The van der Waals surface area contributed by atoms with Gasteiger partial charge in [-0.05, 0) is 83.5 Å². The number of rotatable bonds is 6. The van der Waals surface area contributed by atoms with E-state index in [4.69, 9.17) is 4.74 Å². The summed E-state index contributed by atoms with van der Waals surface area (Å²) in [4.78, 5) is 55.8. The molecule has 11 nitrogen and oxygen atoms in total. The van der Waals surface area contributed by atoms with Gasteiger partial charge in [0.05, 0.1) is 4.75 Å². The Kier molecular flexibility index (Phi) is 9.90. The average molecular weight is 677 g/mol. The van der Waals surface area contributed by atoms with Crippen molar-refractivity contribution >= 4 is 33.8 Å². The predicted octanol–water partition coefficient (Wildman–Crippen LogP) is 3.93. The van der Waals surface area contributed by atoms with Gasteiger partial charge in [-0.25, -0.2) is 13.2 Å². The van der Waals surface area contributed by atoms with Crippen LogP contribution in [0.3, 0.4) is 0 Å². The first kappa shape index (κ1) is 36.0. The smallest absolute Gasteiger partial charge is 0.427 e. The second-order valence-corrected chi connectivity index (χ2v) is 16.7. The Balaban J connectivity index is 1.65. The number of carbonyl (C=O) groups is 4. The van der Waals surface area contributed by atoms with Crippen molar-refractivity contribution in [2.24, 2.45) is 23.7 Å². The molecule has 1 saturated heterocycles. The number of fused-ring (bicyclic) bond motifs is 2. The topological polar surface area (TPSA) is 151 Å². The van der Waals surface area contributed by atoms with Crippen LogP contribution in [0.2, 0.25) is 0 Å². The molecule has 3 fully saturated rings. The van der Waals surface area contributed by atoms with Gasteiger partial charge >= 0.3 is 12.3 Å². The Hall–Kier alpha value is -2.84. The third kappa shape index (κ3) is 7.33. The molecule has 0 aromatic rings. The summed E-state index contributed by atoms with van der Waals surface area (Å²) in [7, 11) is -3.98. The molecule has 0 spiro atoms. The number of alkyl carbamates (subject to hydrolysis) is 1. The van der Waals surface area contributed by atoms with Crippen molar-refractivity contribution < 1.29 is 45.5 Å². The Labute approximate surface area is 268 Å². The van der Waals surface area contributed by atoms with E-state index in [9.17, 15) is 40.8 Å². The summed E-state index contributed by atoms with van der Waals surface area (Å²) in [5.74, 6) is -3.13. The summed E-state index contributed by atoms with van der Waals surface area (Å²) in [5.41, 5.74) is -4.33. The highest BCUT2D eigenvalue weighted by atomic mass is 32.2. The van der Waals surface area contributed by atoms with Gasteiger partial charge in [0, 0.05) is 12.5 Å². The third-order valence-corrected chi connectivity index (χ3v) is 12.3. The van der Waals surface area contributed by atoms with Gasteiger partial charge in [-0.15, -0.1) is 0 Å². The maximum absolute atomic E-state index is 14.2. The van der Waals surface area contributed by atoms with Gasteiger partial charge in [0.15, 0.2) is 0 Å². The summed E-state index contributed by atoms with van der Waals surface area (Å²) >= 11 is 0. The molecular formula is C31H47F3N4O7S. The fourth-order valence-electron chi connectivity index (χ4n) is 6.42. The number of hydrogen-bond donors (Lipinski definition) is 3. The number of ether oxygens (including phenoxy) is 1. The molecule has 46 heavy (non-hydrogen) atoms.